The van der Waals surface area contributed by atoms with E-state index < -0.39 is 27.4 Å². The van der Waals surface area contributed by atoms with Gasteiger partial charge in [-0.3, -0.25) is 9.36 Å². The molecule has 0 aliphatic rings. The molecule has 13 heteroatoms. The molecule has 9 nitrogen and oxygen atoms in total. The summed E-state index contributed by atoms with van der Waals surface area (Å²) in [6, 6.07) is 8.15. The number of carbonyl (C=O) groups excluding carboxylic acids is 1. The number of rotatable bonds is 6. The fraction of sp³-hybridized carbons (Fsp3) is 0.136. The molecule has 35 heavy (non-hydrogen) atoms. The number of aryl methyl sites for hydroxylation is 1. The van der Waals surface area contributed by atoms with Crippen molar-refractivity contribution >= 4 is 72.1 Å². The highest BCUT2D eigenvalue weighted by molar-refractivity contribution is 14.1. The molecule has 0 saturated carbocycles. The third kappa shape index (κ3) is 5.16. The predicted molar refractivity (Wildman–Crippen MR) is 143 cm³/mol. The molecule has 0 fully saturated rings. The van der Waals surface area contributed by atoms with Crippen molar-refractivity contribution in [2.75, 3.05) is 17.7 Å². The molecule has 0 bridgehead atoms. The number of nitrogens with one attached hydrogen (secondary N) is 3. The standard InChI is InChI=1S/C22H19FIN5O4S2/c1-12-7-19(29-6-5-13-8-17(25-2)16(23)9-15(13)21(29)30)26-11-18(12)27-22(31)28-35(32,33)20-4-3-14(10-24)34-20/h3-9,11,25H,10H2,1-2H3,(H2,27,28,31). The van der Waals surface area contributed by atoms with Crippen LogP contribution in [0.25, 0.3) is 16.6 Å². The van der Waals surface area contributed by atoms with Gasteiger partial charge in [0.25, 0.3) is 15.6 Å². The number of amides is 2. The minimum Gasteiger partial charge on any atom is -0.386 e. The van der Waals surface area contributed by atoms with Gasteiger partial charge in [-0.15, -0.1) is 11.3 Å². The zero-order valence-corrected chi connectivity index (χ0v) is 22.2. The molecule has 3 heterocycles. The molecule has 0 aliphatic carbocycles. The van der Waals surface area contributed by atoms with Gasteiger partial charge >= 0.3 is 6.03 Å². The number of alkyl halides is 1. The van der Waals surface area contributed by atoms with Gasteiger partial charge in [0, 0.05) is 22.5 Å². The second-order valence-electron chi connectivity index (χ2n) is 7.43. The number of anilines is 2. The number of hydrogen-bond acceptors (Lipinski definition) is 7. The molecule has 1 aromatic carbocycles. The molecule has 4 rings (SSSR count). The van der Waals surface area contributed by atoms with Crippen molar-refractivity contribution in [2.45, 2.75) is 15.6 Å². The van der Waals surface area contributed by atoms with Crippen LogP contribution in [0.3, 0.4) is 0 Å². The number of aromatic nitrogens is 2. The Morgan fingerprint density at radius 2 is 1.97 bits per heavy atom. The van der Waals surface area contributed by atoms with Crippen LogP contribution in [0.5, 0.6) is 0 Å². The van der Waals surface area contributed by atoms with Crippen LogP contribution in [0.4, 0.5) is 20.6 Å². The van der Waals surface area contributed by atoms with Crippen molar-refractivity contribution in [3.63, 3.8) is 0 Å². The molecule has 0 aliphatic heterocycles. The van der Waals surface area contributed by atoms with Gasteiger partial charge in [0.1, 0.15) is 15.8 Å². The summed E-state index contributed by atoms with van der Waals surface area (Å²) in [6.45, 7) is 1.67. The molecule has 4 aromatic rings. The van der Waals surface area contributed by atoms with Gasteiger partial charge in [-0.1, -0.05) is 22.6 Å². The largest absolute Gasteiger partial charge is 0.386 e. The second kappa shape index (κ2) is 9.91. The van der Waals surface area contributed by atoms with E-state index in [4.69, 9.17) is 0 Å². The van der Waals surface area contributed by atoms with E-state index in [-0.39, 0.29) is 26.8 Å². The first kappa shape index (κ1) is 25.1. The number of pyridine rings is 2. The van der Waals surface area contributed by atoms with Crippen molar-refractivity contribution in [1.82, 2.24) is 14.3 Å². The fourth-order valence-corrected chi connectivity index (χ4v) is 6.17. The first-order valence-corrected chi connectivity index (χ1v) is 13.9. The molecule has 0 atom stereocenters. The number of benzene rings is 1. The number of halogens is 2. The van der Waals surface area contributed by atoms with Crippen LogP contribution in [0.2, 0.25) is 0 Å². The first-order chi connectivity index (χ1) is 16.6. The van der Waals surface area contributed by atoms with Crippen LogP contribution < -0.4 is 20.9 Å². The Morgan fingerprint density at radius 1 is 1.20 bits per heavy atom. The molecular weight excluding hydrogens is 608 g/mol. The SMILES string of the molecule is CNc1cc2ccn(-c3cc(C)c(NC(=O)NS(=O)(=O)c4ccc(CI)s4)cn3)c(=O)c2cc1F. The zero-order valence-electron chi connectivity index (χ0n) is 18.4. The second-order valence-corrected chi connectivity index (χ2v) is 11.3. The average molecular weight is 627 g/mol. The topological polar surface area (TPSA) is 122 Å². The minimum absolute atomic E-state index is 0.0402. The lowest BCUT2D eigenvalue weighted by Crippen LogP contribution is -2.34. The molecule has 0 radical (unpaired) electrons. The summed E-state index contributed by atoms with van der Waals surface area (Å²) in [7, 11) is -2.42. The van der Waals surface area contributed by atoms with E-state index in [1.54, 1.807) is 38.2 Å². The van der Waals surface area contributed by atoms with Crippen molar-refractivity contribution in [2.24, 2.45) is 0 Å². The number of hydrogen-bond donors (Lipinski definition) is 3. The van der Waals surface area contributed by atoms with Crippen LogP contribution >= 0.6 is 33.9 Å². The summed E-state index contributed by atoms with van der Waals surface area (Å²) in [5, 5.41) is 5.96. The van der Waals surface area contributed by atoms with E-state index in [9.17, 15) is 22.4 Å². The van der Waals surface area contributed by atoms with E-state index >= 15 is 0 Å². The monoisotopic (exact) mass is 627 g/mol. The van der Waals surface area contributed by atoms with E-state index in [1.165, 1.54) is 29.1 Å². The lowest BCUT2D eigenvalue weighted by molar-refractivity contribution is 0.256. The molecular formula is C22H19FIN5O4S2. The van der Waals surface area contributed by atoms with E-state index in [2.05, 4.69) is 38.2 Å². The third-order valence-electron chi connectivity index (χ3n) is 5.11. The van der Waals surface area contributed by atoms with E-state index in [1.807, 2.05) is 4.72 Å². The summed E-state index contributed by atoms with van der Waals surface area (Å²) in [5.41, 5.74) is 0.625. The van der Waals surface area contributed by atoms with Crippen molar-refractivity contribution < 1.29 is 17.6 Å². The smallest absolute Gasteiger partial charge is 0.333 e. The number of fused-ring (bicyclic) bond motifs is 1. The Balaban J connectivity index is 1.57. The van der Waals surface area contributed by atoms with Gasteiger partial charge in [0.2, 0.25) is 0 Å². The van der Waals surface area contributed by atoms with Gasteiger partial charge in [0.15, 0.2) is 0 Å². The Labute approximate surface area is 217 Å². The molecule has 3 N–H and O–H groups in total. The number of carbonyl (C=O) groups is 1. The van der Waals surface area contributed by atoms with Crippen molar-refractivity contribution in [3.05, 3.63) is 75.4 Å². The maximum Gasteiger partial charge on any atom is 0.333 e. The normalized spacial score (nSPS) is 11.4. The van der Waals surface area contributed by atoms with Gasteiger partial charge in [-0.05, 0) is 54.3 Å². The zero-order chi connectivity index (χ0) is 25.3. The van der Waals surface area contributed by atoms with E-state index in [0.717, 1.165) is 16.2 Å². The van der Waals surface area contributed by atoms with Gasteiger partial charge < -0.3 is 10.6 Å². The van der Waals surface area contributed by atoms with Crippen LogP contribution in [0.1, 0.15) is 10.4 Å². The highest BCUT2D eigenvalue weighted by Crippen LogP contribution is 2.24. The van der Waals surface area contributed by atoms with Gasteiger partial charge in [0.05, 0.1) is 23.0 Å². The summed E-state index contributed by atoms with van der Waals surface area (Å²) in [6.07, 6.45) is 2.85. The molecule has 0 spiro atoms. The van der Waals surface area contributed by atoms with Crippen molar-refractivity contribution in [1.29, 1.82) is 0 Å². The lowest BCUT2D eigenvalue weighted by atomic mass is 10.1. The number of thiophene rings is 1. The highest BCUT2D eigenvalue weighted by atomic mass is 127. The summed E-state index contributed by atoms with van der Waals surface area (Å²) in [4.78, 5) is 30.4. The molecule has 182 valence electrons. The van der Waals surface area contributed by atoms with Crippen LogP contribution in [0, 0.1) is 12.7 Å². The van der Waals surface area contributed by atoms with Gasteiger partial charge in [-0.2, -0.15) is 0 Å². The number of sulfonamides is 1. The van der Waals surface area contributed by atoms with Crippen LogP contribution in [-0.4, -0.2) is 31.0 Å². The molecule has 2 amide bonds. The Kier molecular flexibility index (Phi) is 7.10. The minimum atomic E-state index is -4.02. The summed E-state index contributed by atoms with van der Waals surface area (Å²) in [5.74, 6) is -0.288. The highest BCUT2D eigenvalue weighted by Gasteiger charge is 2.20. The van der Waals surface area contributed by atoms with Crippen LogP contribution in [0.15, 0.2) is 57.8 Å². The van der Waals surface area contributed by atoms with Gasteiger partial charge in [-0.25, -0.2) is 27.3 Å². The third-order valence-corrected chi connectivity index (χ3v) is 9.36. The first-order valence-electron chi connectivity index (χ1n) is 10.1. The Hall–Kier alpha value is -3.04. The summed E-state index contributed by atoms with van der Waals surface area (Å²) >= 11 is 3.21. The molecule has 3 aromatic heterocycles. The number of nitrogens with zero attached hydrogens (tertiary/aromatic N) is 2. The van der Waals surface area contributed by atoms with Crippen LogP contribution in [-0.2, 0) is 14.5 Å². The number of urea groups is 1. The Morgan fingerprint density at radius 3 is 2.63 bits per heavy atom. The lowest BCUT2D eigenvalue weighted by Gasteiger charge is -2.12. The maximum atomic E-state index is 14.2. The average Bonchev–Trinajstić information content (AvgIpc) is 3.31. The quantitative estimate of drug-likeness (QED) is 0.216. The van der Waals surface area contributed by atoms with Crippen molar-refractivity contribution in [3.8, 4) is 5.82 Å². The molecule has 0 saturated heterocycles. The predicted octanol–water partition coefficient (Wildman–Crippen LogP) is 4.38. The van der Waals surface area contributed by atoms with E-state index in [0.29, 0.717) is 15.4 Å². The molecule has 0 unspecified atom stereocenters. The Bertz CT molecular complexity index is 1620. The fourth-order valence-electron chi connectivity index (χ4n) is 3.34. The maximum absolute atomic E-state index is 14.2. The summed E-state index contributed by atoms with van der Waals surface area (Å²) < 4.78 is 43.0.